The minimum Gasteiger partial charge on any atom is -0.478 e. The van der Waals surface area contributed by atoms with Gasteiger partial charge < -0.3 is 15.9 Å². The van der Waals surface area contributed by atoms with E-state index in [1.54, 1.807) is 0 Å². The highest BCUT2D eigenvalue weighted by atomic mass is 19.4. The summed E-state index contributed by atoms with van der Waals surface area (Å²) in [5.41, 5.74) is 6.09. The molecule has 3 aromatic carbocycles. The number of carboxylic acids is 2. The van der Waals surface area contributed by atoms with E-state index in [9.17, 15) is 22.8 Å². The zero-order valence-electron chi connectivity index (χ0n) is 14.7. The number of hydrogen-bond donors (Lipinski definition) is 3. The van der Waals surface area contributed by atoms with Crippen molar-refractivity contribution in [3.8, 4) is 22.3 Å². The standard InChI is InChI=1S/C21H14F3NO4/c22-21(23,24)15-9-16(11-1-5-13(6-2-11)19(26)27)18(25)17(10-15)12-3-7-14(8-4-12)20(28)29/h1-10H,25H2,(H,26,27)(H,28,29). The molecule has 148 valence electrons. The van der Waals surface area contributed by atoms with Crippen molar-refractivity contribution in [3.05, 3.63) is 77.4 Å². The van der Waals surface area contributed by atoms with Crippen LogP contribution in [-0.2, 0) is 6.18 Å². The number of carboxylic acid groups (broad SMARTS) is 2. The van der Waals surface area contributed by atoms with Gasteiger partial charge in [-0.3, -0.25) is 0 Å². The first-order valence-corrected chi connectivity index (χ1v) is 8.26. The number of alkyl halides is 3. The van der Waals surface area contributed by atoms with Gasteiger partial charge in [0.1, 0.15) is 0 Å². The van der Waals surface area contributed by atoms with E-state index in [2.05, 4.69) is 0 Å². The van der Waals surface area contributed by atoms with Crippen LogP contribution in [0, 0.1) is 0 Å². The van der Waals surface area contributed by atoms with Gasteiger partial charge in [0.15, 0.2) is 0 Å². The van der Waals surface area contributed by atoms with Crippen LogP contribution in [0.25, 0.3) is 22.3 Å². The average Bonchev–Trinajstić information content (AvgIpc) is 2.67. The number of carbonyl (C=O) groups is 2. The number of aromatic carboxylic acids is 2. The Balaban J connectivity index is 2.20. The molecule has 0 saturated heterocycles. The number of halogens is 3. The molecule has 3 aromatic rings. The van der Waals surface area contributed by atoms with Crippen molar-refractivity contribution in [1.82, 2.24) is 0 Å². The van der Waals surface area contributed by atoms with E-state index in [-0.39, 0.29) is 27.9 Å². The van der Waals surface area contributed by atoms with Crippen LogP contribution in [0.3, 0.4) is 0 Å². The zero-order valence-corrected chi connectivity index (χ0v) is 14.7. The Morgan fingerprint density at radius 3 is 1.34 bits per heavy atom. The summed E-state index contributed by atoms with van der Waals surface area (Å²) in [7, 11) is 0. The Hall–Kier alpha value is -3.81. The third-order valence-electron chi connectivity index (χ3n) is 4.39. The minimum absolute atomic E-state index is 0.0104. The van der Waals surface area contributed by atoms with E-state index in [0.29, 0.717) is 11.1 Å². The molecule has 5 nitrogen and oxygen atoms in total. The van der Waals surface area contributed by atoms with Gasteiger partial charge in [-0.05, 0) is 47.5 Å². The molecule has 0 radical (unpaired) electrons. The van der Waals surface area contributed by atoms with Crippen LogP contribution in [0.5, 0.6) is 0 Å². The Morgan fingerprint density at radius 1 is 0.724 bits per heavy atom. The van der Waals surface area contributed by atoms with Gasteiger partial charge in [-0.1, -0.05) is 24.3 Å². The van der Waals surface area contributed by atoms with Gasteiger partial charge in [0, 0.05) is 16.8 Å². The van der Waals surface area contributed by atoms with E-state index in [0.717, 1.165) is 12.1 Å². The van der Waals surface area contributed by atoms with Crippen LogP contribution in [0.15, 0.2) is 60.7 Å². The predicted octanol–water partition coefficient (Wildman–Crippen LogP) is 5.02. The smallest absolute Gasteiger partial charge is 0.416 e. The third kappa shape index (κ3) is 4.06. The molecule has 8 heteroatoms. The molecule has 0 unspecified atom stereocenters. The molecule has 29 heavy (non-hydrogen) atoms. The van der Waals surface area contributed by atoms with Crippen LogP contribution in [0.2, 0.25) is 0 Å². The van der Waals surface area contributed by atoms with Crippen molar-refractivity contribution in [2.24, 2.45) is 0 Å². The van der Waals surface area contributed by atoms with Crippen molar-refractivity contribution >= 4 is 17.6 Å². The number of nitrogen functional groups attached to an aromatic ring is 1. The van der Waals surface area contributed by atoms with Gasteiger partial charge in [-0.25, -0.2) is 9.59 Å². The van der Waals surface area contributed by atoms with Gasteiger partial charge in [0.05, 0.1) is 16.7 Å². The molecular weight excluding hydrogens is 387 g/mol. The molecule has 3 rings (SSSR count). The van der Waals surface area contributed by atoms with Crippen molar-refractivity contribution in [3.63, 3.8) is 0 Å². The fraction of sp³-hybridized carbons (Fsp3) is 0.0476. The summed E-state index contributed by atoms with van der Waals surface area (Å²) in [6.45, 7) is 0. The Bertz CT molecular complexity index is 1010. The number of rotatable bonds is 4. The topological polar surface area (TPSA) is 101 Å². The highest BCUT2D eigenvalue weighted by Gasteiger charge is 2.32. The lowest BCUT2D eigenvalue weighted by atomic mass is 9.92. The summed E-state index contributed by atoms with van der Waals surface area (Å²) in [6.07, 6.45) is -4.64. The molecule has 0 atom stereocenters. The highest BCUT2D eigenvalue weighted by Crippen LogP contribution is 2.41. The maximum Gasteiger partial charge on any atom is 0.416 e. The molecule has 0 aliphatic carbocycles. The Labute approximate surface area is 162 Å². The lowest BCUT2D eigenvalue weighted by molar-refractivity contribution is -0.137. The monoisotopic (exact) mass is 401 g/mol. The Kier molecular flexibility index (Phi) is 5.02. The first-order chi connectivity index (χ1) is 13.6. The molecular formula is C21H14F3NO4. The van der Waals surface area contributed by atoms with Gasteiger partial charge in [-0.15, -0.1) is 0 Å². The van der Waals surface area contributed by atoms with Crippen molar-refractivity contribution in [2.45, 2.75) is 6.18 Å². The van der Waals surface area contributed by atoms with Crippen molar-refractivity contribution in [1.29, 1.82) is 0 Å². The van der Waals surface area contributed by atoms with Crippen LogP contribution in [0.4, 0.5) is 18.9 Å². The van der Waals surface area contributed by atoms with E-state index in [4.69, 9.17) is 15.9 Å². The summed E-state index contributed by atoms with van der Waals surface area (Å²) in [6, 6.07) is 12.4. The van der Waals surface area contributed by atoms with E-state index in [1.807, 2.05) is 0 Å². The molecule has 0 spiro atoms. The normalized spacial score (nSPS) is 11.3. The molecule has 0 aliphatic heterocycles. The summed E-state index contributed by atoms with van der Waals surface area (Å²) in [5, 5.41) is 18.0. The fourth-order valence-electron chi connectivity index (χ4n) is 2.88. The second-order valence-corrected chi connectivity index (χ2v) is 6.25. The maximum absolute atomic E-state index is 13.5. The van der Waals surface area contributed by atoms with Gasteiger partial charge in [-0.2, -0.15) is 13.2 Å². The molecule has 0 aromatic heterocycles. The zero-order chi connectivity index (χ0) is 21.3. The van der Waals surface area contributed by atoms with Crippen LogP contribution in [-0.4, -0.2) is 22.2 Å². The molecule has 0 saturated carbocycles. The minimum atomic E-state index is -4.64. The largest absolute Gasteiger partial charge is 0.478 e. The van der Waals surface area contributed by atoms with Crippen LogP contribution in [0.1, 0.15) is 26.3 Å². The highest BCUT2D eigenvalue weighted by molar-refractivity contribution is 5.93. The molecule has 0 aliphatic rings. The second-order valence-electron chi connectivity index (χ2n) is 6.25. The lowest BCUT2D eigenvalue weighted by Crippen LogP contribution is -2.07. The van der Waals surface area contributed by atoms with E-state index >= 15 is 0 Å². The van der Waals surface area contributed by atoms with Gasteiger partial charge >= 0.3 is 18.1 Å². The molecule has 4 N–H and O–H groups in total. The SMILES string of the molecule is Nc1c(-c2ccc(C(=O)O)cc2)cc(C(F)(F)F)cc1-c1ccc(C(=O)O)cc1. The van der Waals surface area contributed by atoms with Gasteiger partial charge in [0.2, 0.25) is 0 Å². The summed E-state index contributed by atoms with van der Waals surface area (Å²) < 4.78 is 40.4. The molecule has 0 amide bonds. The molecule has 0 fully saturated rings. The van der Waals surface area contributed by atoms with Crippen molar-refractivity contribution in [2.75, 3.05) is 5.73 Å². The summed E-state index contributed by atoms with van der Waals surface area (Å²) in [4.78, 5) is 22.0. The molecule has 0 heterocycles. The third-order valence-corrected chi connectivity index (χ3v) is 4.39. The number of hydrogen-bond acceptors (Lipinski definition) is 3. The first-order valence-electron chi connectivity index (χ1n) is 8.26. The number of nitrogens with two attached hydrogens (primary N) is 1. The number of benzene rings is 3. The average molecular weight is 401 g/mol. The maximum atomic E-state index is 13.5. The summed E-state index contributed by atoms with van der Waals surface area (Å²) in [5.74, 6) is -2.32. The van der Waals surface area contributed by atoms with Crippen molar-refractivity contribution < 1.29 is 33.0 Å². The van der Waals surface area contributed by atoms with Gasteiger partial charge in [0.25, 0.3) is 0 Å². The van der Waals surface area contributed by atoms with Crippen LogP contribution < -0.4 is 5.73 Å². The number of anilines is 1. The first kappa shape index (κ1) is 19.9. The second kappa shape index (κ2) is 7.31. The van der Waals surface area contributed by atoms with E-state index < -0.39 is 23.7 Å². The molecule has 0 bridgehead atoms. The Morgan fingerprint density at radius 2 is 1.07 bits per heavy atom. The quantitative estimate of drug-likeness (QED) is 0.533. The predicted molar refractivity (Wildman–Crippen MR) is 101 cm³/mol. The van der Waals surface area contributed by atoms with Crippen LogP contribution >= 0.6 is 0 Å². The lowest BCUT2D eigenvalue weighted by Gasteiger charge is -2.17. The summed E-state index contributed by atoms with van der Waals surface area (Å²) >= 11 is 0. The fourth-order valence-corrected chi connectivity index (χ4v) is 2.88. The van der Waals surface area contributed by atoms with E-state index in [1.165, 1.54) is 48.5 Å².